The van der Waals surface area contributed by atoms with Gasteiger partial charge >= 0.3 is 0 Å². The molecule has 0 spiro atoms. The molecule has 0 radical (unpaired) electrons. The molecule has 4 nitrogen and oxygen atoms in total. The minimum Gasteiger partial charge on any atom is -0.396 e. The van der Waals surface area contributed by atoms with E-state index >= 15 is 0 Å². The number of halogens is 2. The summed E-state index contributed by atoms with van der Waals surface area (Å²) in [5.41, 5.74) is -0.357. The van der Waals surface area contributed by atoms with Crippen LogP contribution < -0.4 is 4.72 Å². The molecular weight excluding hydrogens is 349 g/mol. The van der Waals surface area contributed by atoms with Crippen LogP contribution in [0, 0.1) is 11.2 Å². The first-order valence-corrected chi connectivity index (χ1v) is 8.44. The molecule has 0 saturated heterocycles. The molecule has 0 aliphatic heterocycles. The van der Waals surface area contributed by atoms with E-state index in [-0.39, 0.29) is 21.4 Å². The smallest absolute Gasteiger partial charge is 0.240 e. The van der Waals surface area contributed by atoms with E-state index in [0.29, 0.717) is 6.42 Å². The SMILES string of the molecule is CC(C)(C)C(CCO)NS(=O)(=O)c1ccc(Br)c(F)c1. The second-order valence-corrected chi connectivity index (χ2v) is 8.20. The van der Waals surface area contributed by atoms with E-state index in [9.17, 15) is 12.8 Å². The van der Waals surface area contributed by atoms with Crippen LogP contribution in [0.5, 0.6) is 0 Å². The number of nitrogens with one attached hydrogen (secondary N) is 1. The number of hydrogen-bond donors (Lipinski definition) is 2. The highest BCUT2D eigenvalue weighted by Crippen LogP contribution is 2.25. The second kappa shape index (κ2) is 6.51. The molecular formula is C13H19BrFNO3S. The summed E-state index contributed by atoms with van der Waals surface area (Å²) in [5.74, 6) is -0.637. The summed E-state index contributed by atoms with van der Waals surface area (Å²) in [6.07, 6.45) is 0.293. The van der Waals surface area contributed by atoms with Crippen molar-refractivity contribution in [1.29, 1.82) is 0 Å². The zero-order valence-corrected chi connectivity index (χ0v) is 14.1. The van der Waals surface area contributed by atoms with Gasteiger partial charge in [-0.05, 0) is 46.0 Å². The molecule has 0 aliphatic rings. The van der Waals surface area contributed by atoms with Gasteiger partial charge in [0.05, 0.1) is 9.37 Å². The van der Waals surface area contributed by atoms with E-state index in [1.165, 1.54) is 12.1 Å². The molecule has 7 heteroatoms. The molecule has 0 bridgehead atoms. The Balaban J connectivity index is 3.06. The Hall–Kier alpha value is -0.500. The molecule has 1 atom stereocenters. The first-order valence-electron chi connectivity index (χ1n) is 6.16. The second-order valence-electron chi connectivity index (χ2n) is 5.63. The molecule has 0 aliphatic carbocycles. The summed E-state index contributed by atoms with van der Waals surface area (Å²) in [6.45, 7) is 5.49. The first kappa shape index (κ1) is 17.6. The Morgan fingerprint density at radius 1 is 1.40 bits per heavy atom. The Kier molecular flexibility index (Phi) is 5.71. The number of aliphatic hydroxyl groups is 1. The molecule has 1 rings (SSSR count). The highest BCUT2D eigenvalue weighted by atomic mass is 79.9. The van der Waals surface area contributed by atoms with Crippen LogP contribution in [-0.4, -0.2) is 26.2 Å². The van der Waals surface area contributed by atoms with Crippen LogP contribution in [0.4, 0.5) is 4.39 Å². The summed E-state index contributed by atoms with van der Waals surface area (Å²) in [4.78, 5) is -0.134. The van der Waals surface area contributed by atoms with Gasteiger partial charge in [0.25, 0.3) is 0 Å². The fourth-order valence-corrected chi connectivity index (χ4v) is 3.43. The Morgan fingerprint density at radius 3 is 2.45 bits per heavy atom. The molecule has 1 unspecified atom stereocenters. The van der Waals surface area contributed by atoms with Gasteiger partial charge in [-0.2, -0.15) is 0 Å². The zero-order valence-electron chi connectivity index (χ0n) is 11.7. The topological polar surface area (TPSA) is 66.4 Å². The molecule has 0 saturated carbocycles. The van der Waals surface area contributed by atoms with E-state index in [2.05, 4.69) is 20.7 Å². The molecule has 0 fully saturated rings. The predicted molar refractivity (Wildman–Crippen MR) is 79.4 cm³/mol. The lowest BCUT2D eigenvalue weighted by Crippen LogP contribution is -2.44. The highest BCUT2D eigenvalue weighted by molar-refractivity contribution is 9.10. The standard InChI is InChI=1S/C13H19BrFNO3S/c1-13(2,3)12(6-7-17)16-20(18,19)9-4-5-10(14)11(15)8-9/h4-5,8,12,16-17H,6-7H2,1-3H3. The van der Waals surface area contributed by atoms with Gasteiger partial charge in [-0.25, -0.2) is 17.5 Å². The molecule has 20 heavy (non-hydrogen) atoms. The van der Waals surface area contributed by atoms with Gasteiger partial charge in [-0.3, -0.25) is 0 Å². The van der Waals surface area contributed by atoms with Crippen molar-refractivity contribution in [3.63, 3.8) is 0 Å². The maximum atomic E-state index is 13.4. The van der Waals surface area contributed by atoms with Crippen LogP contribution in [0.1, 0.15) is 27.2 Å². The van der Waals surface area contributed by atoms with Crippen molar-refractivity contribution >= 4 is 26.0 Å². The summed E-state index contributed by atoms with van der Waals surface area (Å²) in [5, 5.41) is 9.05. The number of aliphatic hydroxyl groups excluding tert-OH is 1. The van der Waals surface area contributed by atoms with Crippen molar-refractivity contribution in [2.24, 2.45) is 5.41 Å². The fourth-order valence-electron chi connectivity index (χ4n) is 1.70. The summed E-state index contributed by atoms with van der Waals surface area (Å²) < 4.78 is 40.7. The number of rotatable bonds is 5. The quantitative estimate of drug-likeness (QED) is 0.840. The van der Waals surface area contributed by atoms with Gasteiger partial charge in [-0.1, -0.05) is 20.8 Å². The van der Waals surface area contributed by atoms with E-state index < -0.39 is 21.9 Å². The average molecular weight is 368 g/mol. The van der Waals surface area contributed by atoms with Crippen LogP contribution in [0.15, 0.2) is 27.6 Å². The van der Waals surface area contributed by atoms with Crippen molar-refractivity contribution in [2.45, 2.75) is 38.1 Å². The van der Waals surface area contributed by atoms with Gasteiger partial charge in [0, 0.05) is 12.6 Å². The summed E-state index contributed by atoms with van der Waals surface area (Å²) in [6, 6.07) is 3.20. The lowest BCUT2D eigenvalue weighted by molar-refractivity contribution is 0.214. The van der Waals surface area contributed by atoms with Gasteiger partial charge in [0.1, 0.15) is 5.82 Å². The number of sulfonamides is 1. The highest BCUT2D eigenvalue weighted by Gasteiger charge is 2.29. The summed E-state index contributed by atoms with van der Waals surface area (Å²) in [7, 11) is -3.83. The van der Waals surface area contributed by atoms with Crippen molar-refractivity contribution in [3.8, 4) is 0 Å². The van der Waals surface area contributed by atoms with Crippen LogP contribution >= 0.6 is 15.9 Å². The third-order valence-electron chi connectivity index (χ3n) is 2.96. The third-order valence-corrected chi connectivity index (χ3v) is 5.07. The van der Waals surface area contributed by atoms with Crippen LogP contribution in [0.25, 0.3) is 0 Å². The lowest BCUT2D eigenvalue weighted by atomic mass is 9.86. The molecule has 2 N–H and O–H groups in total. The maximum absolute atomic E-state index is 13.4. The Labute approximate surface area is 127 Å². The number of benzene rings is 1. The normalized spacial score (nSPS) is 14.3. The van der Waals surface area contributed by atoms with Crippen molar-refractivity contribution < 1.29 is 17.9 Å². The zero-order chi connectivity index (χ0) is 15.6. The van der Waals surface area contributed by atoms with E-state index in [1.807, 2.05) is 20.8 Å². The van der Waals surface area contributed by atoms with E-state index in [1.54, 1.807) is 0 Å². The van der Waals surface area contributed by atoms with Crippen molar-refractivity contribution in [1.82, 2.24) is 4.72 Å². The Morgan fingerprint density at radius 2 is 2.00 bits per heavy atom. The first-order chi connectivity index (χ1) is 9.08. The van der Waals surface area contributed by atoms with Gasteiger partial charge < -0.3 is 5.11 Å². The van der Waals surface area contributed by atoms with Crippen molar-refractivity contribution in [3.05, 3.63) is 28.5 Å². The lowest BCUT2D eigenvalue weighted by Gasteiger charge is -2.30. The van der Waals surface area contributed by atoms with Gasteiger partial charge in [0.2, 0.25) is 10.0 Å². The molecule has 114 valence electrons. The monoisotopic (exact) mass is 367 g/mol. The molecule has 0 heterocycles. The molecule has 1 aromatic rings. The van der Waals surface area contributed by atoms with Crippen molar-refractivity contribution in [2.75, 3.05) is 6.61 Å². The molecule has 0 amide bonds. The van der Waals surface area contributed by atoms with Crippen LogP contribution in [0.3, 0.4) is 0 Å². The molecule has 1 aromatic carbocycles. The van der Waals surface area contributed by atoms with Crippen LogP contribution in [-0.2, 0) is 10.0 Å². The third kappa shape index (κ3) is 4.51. The van der Waals surface area contributed by atoms with Gasteiger partial charge in [-0.15, -0.1) is 0 Å². The molecule has 0 aromatic heterocycles. The minimum absolute atomic E-state index is 0.126. The summed E-state index contributed by atoms with van der Waals surface area (Å²) >= 11 is 2.98. The maximum Gasteiger partial charge on any atom is 0.240 e. The Bertz CT molecular complexity index is 569. The number of hydrogen-bond acceptors (Lipinski definition) is 3. The largest absolute Gasteiger partial charge is 0.396 e. The minimum atomic E-state index is -3.83. The average Bonchev–Trinajstić information content (AvgIpc) is 2.30. The van der Waals surface area contributed by atoms with Gasteiger partial charge in [0.15, 0.2) is 0 Å². The van der Waals surface area contributed by atoms with E-state index in [4.69, 9.17) is 5.11 Å². The fraction of sp³-hybridized carbons (Fsp3) is 0.538. The van der Waals surface area contributed by atoms with Crippen LogP contribution in [0.2, 0.25) is 0 Å². The predicted octanol–water partition coefficient (Wildman–Crippen LogP) is 2.66. The van der Waals surface area contributed by atoms with E-state index in [0.717, 1.165) is 6.07 Å².